The van der Waals surface area contributed by atoms with Crippen LogP contribution in [0.15, 0.2) is 24.3 Å². The predicted molar refractivity (Wildman–Crippen MR) is 91.2 cm³/mol. The van der Waals surface area contributed by atoms with E-state index in [4.69, 9.17) is 0 Å². The van der Waals surface area contributed by atoms with Gasteiger partial charge in [0.05, 0.1) is 20.9 Å². The molecule has 0 aliphatic heterocycles. The molecule has 5 nitrogen and oxygen atoms in total. The molecule has 0 atom stereocenters. The van der Waals surface area contributed by atoms with Gasteiger partial charge in [-0.05, 0) is 38.0 Å². The number of fused-ring (bicyclic) bond motifs is 1. The second kappa shape index (κ2) is 5.21. The van der Waals surface area contributed by atoms with Crippen LogP contribution in [0, 0.1) is 6.92 Å². The van der Waals surface area contributed by atoms with Crippen molar-refractivity contribution in [1.82, 2.24) is 15.0 Å². The summed E-state index contributed by atoms with van der Waals surface area (Å²) in [5.74, 6) is 2.09. The van der Waals surface area contributed by atoms with Gasteiger partial charge in [0.1, 0.15) is 5.82 Å². The van der Waals surface area contributed by atoms with Crippen LogP contribution in [0.1, 0.15) is 29.5 Å². The first kappa shape index (κ1) is 13.5. The number of anilines is 3. The van der Waals surface area contributed by atoms with Crippen molar-refractivity contribution < 1.29 is 0 Å². The molecule has 0 saturated heterocycles. The maximum atomic E-state index is 4.54. The first-order valence-corrected chi connectivity index (χ1v) is 8.24. The van der Waals surface area contributed by atoms with E-state index in [0.717, 1.165) is 27.7 Å². The van der Waals surface area contributed by atoms with E-state index in [1.807, 2.05) is 14.0 Å². The lowest BCUT2D eigenvalue weighted by Crippen LogP contribution is -2.03. The third-order valence-corrected chi connectivity index (χ3v) is 4.68. The standard InChI is InChI=1S/C16H17N5S/c1-9-18-13-7-11(5-6-14(13)22-9)19-15-8-12(10-3-4-10)20-16(17-2)21-15/h5-8,10H,3-4H2,1-2H3,(H2,17,19,20,21). The van der Waals surface area contributed by atoms with E-state index in [1.54, 1.807) is 11.3 Å². The normalized spacial score (nSPS) is 14.3. The number of hydrogen-bond donors (Lipinski definition) is 2. The van der Waals surface area contributed by atoms with E-state index in [2.05, 4.69) is 49.9 Å². The van der Waals surface area contributed by atoms with Gasteiger partial charge < -0.3 is 10.6 Å². The van der Waals surface area contributed by atoms with Crippen LogP contribution >= 0.6 is 11.3 Å². The van der Waals surface area contributed by atoms with Gasteiger partial charge in [-0.25, -0.2) is 9.97 Å². The lowest BCUT2D eigenvalue weighted by Gasteiger charge is -2.09. The zero-order chi connectivity index (χ0) is 15.1. The molecule has 112 valence electrons. The number of hydrogen-bond acceptors (Lipinski definition) is 6. The van der Waals surface area contributed by atoms with Crippen LogP contribution in [0.2, 0.25) is 0 Å². The first-order valence-electron chi connectivity index (χ1n) is 7.42. The molecule has 2 heterocycles. The summed E-state index contributed by atoms with van der Waals surface area (Å²) >= 11 is 1.71. The largest absolute Gasteiger partial charge is 0.357 e. The lowest BCUT2D eigenvalue weighted by atomic mass is 10.2. The van der Waals surface area contributed by atoms with E-state index >= 15 is 0 Å². The van der Waals surface area contributed by atoms with Gasteiger partial charge in [0.25, 0.3) is 0 Å². The first-order chi connectivity index (χ1) is 10.7. The number of thiazole rings is 1. The Morgan fingerprint density at radius 3 is 2.77 bits per heavy atom. The zero-order valence-electron chi connectivity index (χ0n) is 12.6. The minimum absolute atomic E-state index is 0.597. The molecule has 1 aliphatic carbocycles. The molecule has 4 rings (SSSR count). The fourth-order valence-corrected chi connectivity index (χ4v) is 3.31. The SMILES string of the molecule is CNc1nc(Nc2ccc3sc(C)nc3c2)cc(C2CC2)n1. The summed E-state index contributed by atoms with van der Waals surface area (Å²) in [7, 11) is 1.85. The van der Waals surface area contributed by atoms with E-state index in [9.17, 15) is 0 Å². The van der Waals surface area contributed by atoms with Crippen molar-refractivity contribution in [2.24, 2.45) is 0 Å². The Hall–Kier alpha value is -2.21. The fourth-order valence-electron chi connectivity index (χ4n) is 2.50. The highest BCUT2D eigenvalue weighted by Crippen LogP contribution is 2.40. The van der Waals surface area contributed by atoms with Crippen LogP contribution in [-0.4, -0.2) is 22.0 Å². The molecule has 2 N–H and O–H groups in total. The van der Waals surface area contributed by atoms with Crippen molar-refractivity contribution in [2.45, 2.75) is 25.7 Å². The van der Waals surface area contributed by atoms with Gasteiger partial charge in [-0.3, -0.25) is 0 Å². The average Bonchev–Trinajstić information content (AvgIpc) is 3.29. The highest BCUT2D eigenvalue weighted by Gasteiger charge is 2.26. The second-order valence-corrected chi connectivity index (χ2v) is 6.80. The maximum Gasteiger partial charge on any atom is 0.224 e. The zero-order valence-corrected chi connectivity index (χ0v) is 13.4. The Labute approximate surface area is 132 Å². The summed E-state index contributed by atoms with van der Waals surface area (Å²) in [6, 6.07) is 8.29. The second-order valence-electron chi connectivity index (χ2n) is 5.57. The summed E-state index contributed by atoms with van der Waals surface area (Å²) in [5, 5.41) is 7.50. The number of aryl methyl sites for hydroxylation is 1. The van der Waals surface area contributed by atoms with Gasteiger partial charge in [-0.2, -0.15) is 4.98 Å². The number of nitrogens with one attached hydrogen (secondary N) is 2. The smallest absolute Gasteiger partial charge is 0.224 e. The Balaban J connectivity index is 1.67. The van der Waals surface area contributed by atoms with Gasteiger partial charge >= 0.3 is 0 Å². The molecule has 0 spiro atoms. The molecular formula is C16H17N5S. The molecular weight excluding hydrogens is 294 g/mol. The van der Waals surface area contributed by atoms with Crippen LogP contribution in [0.3, 0.4) is 0 Å². The molecule has 6 heteroatoms. The minimum Gasteiger partial charge on any atom is -0.357 e. The highest BCUT2D eigenvalue weighted by molar-refractivity contribution is 7.18. The van der Waals surface area contributed by atoms with E-state index in [1.165, 1.54) is 17.5 Å². The van der Waals surface area contributed by atoms with Gasteiger partial charge in [0.15, 0.2) is 0 Å². The number of nitrogens with zero attached hydrogens (tertiary/aromatic N) is 3. The minimum atomic E-state index is 0.597. The topological polar surface area (TPSA) is 62.7 Å². The van der Waals surface area contributed by atoms with Crippen molar-refractivity contribution in [3.8, 4) is 0 Å². The summed E-state index contributed by atoms with van der Waals surface area (Å²) in [4.78, 5) is 13.6. The Morgan fingerprint density at radius 1 is 1.14 bits per heavy atom. The molecule has 1 saturated carbocycles. The lowest BCUT2D eigenvalue weighted by molar-refractivity contribution is 0.991. The van der Waals surface area contributed by atoms with Crippen LogP contribution in [-0.2, 0) is 0 Å². The Kier molecular flexibility index (Phi) is 3.18. The number of rotatable bonds is 4. The van der Waals surface area contributed by atoms with E-state index in [0.29, 0.717) is 11.9 Å². The third kappa shape index (κ3) is 2.62. The molecule has 0 unspecified atom stereocenters. The molecule has 1 fully saturated rings. The van der Waals surface area contributed by atoms with Crippen LogP contribution in [0.4, 0.5) is 17.5 Å². The summed E-state index contributed by atoms with van der Waals surface area (Å²) in [6.45, 7) is 2.03. The predicted octanol–water partition coefficient (Wildman–Crippen LogP) is 4.06. The van der Waals surface area contributed by atoms with Gasteiger partial charge in [0.2, 0.25) is 5.95 Å². The Bertz CT molecular complexity index is 838. The molecule has 1 aromatic carbocycles. The van der Waals surface area contributed by atoms with Crippen molar-refractivity contribution >= 4 is 39.0 Å². The summed E-state index contributed by atoms with van der Waals surface area (Å²) in [5.41, 5.74) is 3.14. The molecule has 1 aliphatic rings. The number of aromatic nitrogens is 3. The highest BCUT2D eigenvalue weighted by atomic mass is 32.1. The molecule has 2 aromatic heterocycles. The van der Waals surface area contributed by atoms with Crippen molar-refractivity contribution in [1.29, 1.82) is 0 Å². The quantitative estimate of drug-likeness (QED) is 0.761. The molecule has 0 bridgehead atoms. The summed E-state index contributed by atoms with van der Waals surface area (Å²) < 4.78 is 1.21. The van der Waals surface area contributed by atoms with Crippen LogP contribution in [0.5, 0.6) is 0 Å². The van der Waals surface area contributed by atoms with E-state index in [-0.39, 0.29) is 0 Å². The molecule has 22 heavy (non-hydrogen) atoms. The number of benzene rings is 1. The van der Waals surface area contributed by atoms with Gasteiger partial charge in [-0.1, -0.05) is 0 Å². The van der Waals surface area contributed by atoms with Gasteiger partial charge in [0, 0.05) is 24.7 Å². The van der Waals surface area contributed by atoms with E-state index < -0.39 is 0 Å². The van der Waals surface area contributed by atoms with Crippen LogP contribution in [0.25, 0.3) is 10.2 Å². The monoisotopic (exact) mass is 311 g/mol. The Morgan fingerprint density at radius 2 is 2.00 bits per heavy atom. The van der Waals surface area contributed by atoms with Crippen molar-refractivity contribution in [3.05, 3.63) is 35.0 Å². The average molecular weight is 311 g/mol. The molecule has 0 radical (unpaired) electrons. The van der Waals surface area contributed by atoms with Gasteiger partial charge in [-0.15, -0.1) is 11.3 Å². The molecule has 3 aromatic rings. The fraction of sp³-hybridized carbons (Fsp3) is 0.312. The summed E-state index contributed by atoms with van der Waals surface area (Å²) in [6.07, 6.45) is 2.45. The van der Waals surface area contributed by atoms with Crippen molar-refractivity contribution in [3.63, 3.8) is 0 Å². The maximum absolute atomic E-state index is 4.54. The van der Waals surface area contributed by atoms with Crippen LogP contribution < -0.4 is 10.6 Å². The third-order valence-electron chi connectivity index (χ3n) is 3.73. The van der Waals surface area contributed by atoms with Crippen molar-refractivity contribution in [2.75, 3.05) is 17.7 Å². The molecule has 0 amide bonds.